The zero-order valence-electron chi connectivity index (χ0n) is 15.7. The van der Waals surface area contributed by atoms with Crippen LogP contribution in [-0.2, 0) is 7.05 Å². The standard InChI is InChI=1S/C22H18N2O5/c1-11-3-7-13(8-4-11)29-14-9-5-12(6-10-14)24-21(27)17-15-16(18(17)22(24)28)20(26)23(2)19(15)25/h3-10,25-28H,1-2H3. The van der Waals surface area contributed by atoms with E-state index >= 15 is 0 Å². The van der Waals surface area contributed by atoms with Crippen molar-refractivity contribution in [2.75, 3.05) is 0 Å². The Hall–Kier alpha value is -4.00. The molecule has 2 aromatic heterocycles. The summed E-state index contributed by atoms with van der Waals surface area (Å²) in [6.07, 6.45) is 0. The van der Waals surface area contributed by atoms with Gasteiger partial charge < -0.3 is 25.2 Å². The van der Waals surface area contributed by atoms with Crippen molar-refractivity contribution < 1.29 is 25.2 Å². The molecular weight excluding hydrogens is 372 g/mol. The minimum absolute atomic E-state index is 0.167. The maximum Gasteiger partial charge on any atom is 0.207 e. The molecule has 0 radical (unpaired) electrons. The van der Waals surface area contributed by atoms with Gasteiger partial charge >= 0.3 is 0 Å². The van der Waals surface area contributed by atoms with Gasteiger partial charge in [-0.1, -0.05) is 17.7 Å². The van der Waals surface area contributed by atoms with Gasteiger partial charge in [0.05, 0.1) is 27.9 Å². The van der Waals surface area contributed by atoms with Crippen molar-refractivity contribution in [1.29, 1.82) is 0 Å². The topological polar surface area (TPSA) is 100 Å². The molecule has 1 aliphatic carbocycles. The van der Waals surface area contributed by atoms with E-state index < -0.39 is 0 Å². The Bertz CT molecular complexity index is 1210. The van der Waals surface area contributed by atoms with Crippen LogP contribution in [-0.4, -0.2) is 29.6 Å². The quantitative estimate of drug-likeness (QED) is 0.366. The summed E-state index contributed by atoms with van der Waals surface area (Å²) in [4.78, 5) is 0. The number of hydrogen-bond acceptors (Lipinski definition) is 5. The van der Waals surface area contributed by atoms with Crippen molar-refractivity contribution in [2.24, 2.45) is 7.05 Å². The molecule has 1 aliphatic rings. The number of aromatic hydroxyl groups is 4. The Kier molecular flexibility index (Phi) is 3.39. The van der Waals surface area contributed by atoms with Crippen LogP contribution >= 0.6 is 0 Å². The summed E-state index contributed by atoms with van der Waals surface area (Å²) in [6.45, 7) is 2.00. The first-order valence-corrected chi connectivity index (χ1v) is 9.01. The molecule has 0 bridgehead atoms. The van der Waals surface area contributed by atoms with Crippen molar-refractivity contribution in [1.82, 2.24) is 9.13 Å². The lowest BCUT2D eigenvalue weighted by molar-refractivity contribution is 0.387. The molecule has 4 aromatic rings. The average Bonchev–Trinajstić information content (AvgIpc) is 2.99. The molecule has 2 heterocycles. The number of aryl methyl sites for hydroxylation is 1. The number of fused-ring (bicyclic) bond motifs is 4. The van der Waals surface area contributed by atoms with E-state index in [1.165, 1.54) is 16.2 Å². The van der Waals surface area contributed by atoms with Crippen molar-refractivity contribution in [3.05, 3.63) is 54.1 Å². The normalized spacial score (nSPS) is 11.7. The lowest BCUT2D eigenvalue weighted by Crippen LogP contribution is -1.93. The van der Waals surface area contributed by atoms with Gasteiger partial charge in [0.25, 0.3) is 0 Å². The number of nitrogens with zero attached hydrogens (tertiary/aromatic N) is 2. The van der Waals surface area contributed by atoms with Gasteiger partial charge in [-0.15, -0.1) is 0 Å². The minimum Gasteiger partial charge on any atom is -0.494 e. The number of benzene rings is 2. The molecule has 0 atom stereocenters. The molecule has 5 rings (SSSR count). The fourth-order valence-corrected chi connectivity index (χ4v) is 3.74. The highest BCUT2D eigenvalue weighted by molar-refractivity contribution is 6.12. The monoisotopic (exact) mass is 390 g/mol. The molecular formula is C22H18N2O5. The van der Waals surface area contributed by atoms with E-state index in [4.69, 9.17) is 4.74 Å². The van der Waals surface area contributed by atoms with E-state index in [1.54, 1.807) is 24.3 Å². The molecule has 146 valence electrons. The van der Waals surface area contributed by atoms with Gasteiger partial charge in [-0.05, 0) is 43.3 Å². The van der Waals surface area contributed by atoms with Crippen LogP contribution in [0.3, 0.4) is 0 Å². The molecule has 2 aromatic carbocycles. The van der Waals surface area contributed by atoms with Gasteiger partial charge in [-0.2, -0.15) is 0 Å². The molecule has 0 spiro atoms. The molecule has 0 unspecified atom stereocenters. The Morgan fingerprint density at radius 1 is 0.621 bits per heavy atom. The van der Waals surface area contributed by atoms with E-state index in [2.05, 4.69) is 0 Å². The summed E-state index contributed by atoms with van der Waals surface area (Å²) >= 11 is 0. The molecule has 4 N–H and O–H groups in total. The molecule has 29 heavy (non-hydrogen) atoms. The van der Waals surface area contributed by atoms with Crippen LogP contribution in [0.4, 0.5) is 0 Å². The second kappa shape index (κ2) is 5.75. The molecule has 0 saturated heterocycles. The highest BCUT2D eigenvalue weighted by Gasteiger charge is 2.42. The van der Waals surface area contributed by atoms with Gasteiger partial charge in [-0.25, -0.2) is 0 Å². The van der Waals surface area contributed by atoms with Gasteiger partial charge in [0, 0.05) is 7.05 Å². The van der Waals surface area contributed by atoms with E-state index in [9.17, 15) is 20.4 Å². The Morgan fingerprint density at radius 3 is 1.52 bits per heavy atom. The lowest BCUT2D eigenvalue weighted by Gasteiger charge is -2.14. The van der Waals surface area contributed by atoms with Crippen LogP contribution in [0.5, 0.6) is 35.0 Å². The summed E-state index contributed by atoms with van der Waals surface area (Å²) in [5.74, 6) is 0.562. The first-order chi connectivity index (χ1) is 13.9. The molecule has 0 amide bonds. The first kappa shape index (κ1) is 17.1. The van der Waals surface area contributed by atoms with Crippen LogP contribution in [0.2, 0.25) is 0 Å². The van der Waals surface area contributed by atoms with Gasteiger partial charge in [0.15, 0.2) is 0 Å². The highest BCUT2D eigenvalue weighted by atomic mass is 16.5. The SMILES string of the molecule is Cc1ccc(Oc2ccc(-n3c(O)c4c(c3O)-c3c-4c(O)n(C)c3O)cc2)cc1. The fourth-order valence-electron chi connectivity index (χ4n) is 3.74. The van der Waals surface area contributed by atoms with E-state index in [1.807, 2.05) is 31.2 Å². The van der Waals surface area contributed by atoms with Crippen LogP contribution in [0.15, 0.2) is 48.5 Å². The minimum atomic E-state index is -0.210. The fraction of sp³-hybridized carbons (Fsp3) is 0.0909. The Labute approximate surface area is 165 Å². The molecule has 0 aliphatic heterocycles. The second-order valence-corrected chi connectivity index (χ2v) is 7.10. The van der Waals surface area contributed by atoms with E-state index in [-0.39, 0.29) is 23.5 Å². The van der Waals surface area contributed by atoms with Gasteiger partial charge in [-0.3, -0.25) is 9.13 Å². The molecule has 7 nitrogen and oxygen atoms in total. The Balaban J connectivity index is 1.51. The molecule has 0 saturated carbocycles. The number of rotatable bonds is 3. The summed E-state index contributed by atoms with van der Waals surface area (Å²) < 4.78 is 8.27. The predicted octanol–water partition coefficient (Wildman–Crippen LogP) is 4.39. The highest BCUT2D eigenvalue weighted by Crippen LogP contribution is 2.65. The van der Waals surface area contributed by atoms with Crippen molar-refractivity contribution >= 4 is 0 Å². The summed E-state index contributed by atoms with van der Waals surface area (Å²) in [6, 6.07) is 14.5. The lowest BCUT2D eigenvalue weighted by atomic mass is 9.86. The van der Waals surface area contributed by atoms with Crippen molar-refractivity contribution in [2.45, 2.75) is 6.92 Å². The van der Waals surface area contributed by atoms with Gasteiger partial charge in [0.1, 0.15) is 11.5 Å². The second-order valence-electron chi connectivity index (χ2n) is 7.10. The predicted molar refractivity (Wildman–Crippen MR) is 107 cm³/mol. The summed E-state index contributed by atoms with van der Waals surface area (Å²) in [5.41, 5.74) is 2.92. The zero-order valence-corrected chi connectivity index (χ0v) is 15.7. The van der Waals surface area contributed by atoms with E-state index in [0.717, 1.165) is 5.56 Å². The van der Waals surface area contributed by atoms with E-state index in [0.29, 0.717) is 39.4 Å². The third-order valence-corrected chi connectivity index (χ3v) is 5.31. The van der Waals surface area contributed by atoms with Crippen molar-refractivity contribution in [3.63, 3.8) is 0 Å². The summed E-state index contributed by atoms with van der Waals surface area (Å²) in [5, 5.41) is 41.7. The maximum atomic E-state index is 10.7. The third kappa shape index (κ3) is 2.24. The maximum absolute atomic E-state index is 10.7. The van der Waals surface area contributed by atoms with Gasteiger partial charge in [0.2, 0.25) is 23.5 Å². The van der Waals surface area contributed by atoms with Crippen LogP contribution < -0.4 is 4.74 Å². The largest absolute Gasteiger partial charge is 0.494 e. The summed E-state index contributed by atoms with van der Waals surface area (Å²) in [7, 11) is 1.50. The first-order valence-electron chi connectivity index (χ1n) is 9.01. The van der Waals surface area contributed by atoms with Crippen LogP contribution in [0.1, 0.15) is 5.56 Å². The zero-order chi connectivity index (χ0) is 20.4. The smallest absolute Gasteiger partial charge is 0.207 e. The Morgan fingerprint density at radius 2 is 1.03 bits per heavy atom. The molecule has 0 fully saturated rings. The number of ether oxygens (including phenoxy) is 1. The average molecular weight is 390 g/mol. The third-order valence-electron chi connectivity index (χ3n) is 5.31. The van der Waals surface area contributed by atoms with Crippen LogP contribution in [0, 0.1) is 6.92 Å². The van der Waals surface area contributed by atoms with Crippen LogP contribution in [0.25, 0.3) is 27.9 Å². The number of aromatic nitrogens is 2. The van der Waals surface area contributed by atoms with Crippen molar-refractivity contribution in [3.8, 4) is 63.0 Å². The number of hydrogen-bond donors (Lipinski definition) is 4. The molecule has 7 heteroatoms.